The minimum atomic E-state index is -0.518. The number of halogens is 1. The molecule has 1 heterocycles. The third kappa shape index (κ3) is 3.70. The molecule has 1 aliphatic carbocycles. The number of benzene rings is 1. The second-order valence-electron chi connectivity index (χ2n) is 6.45. The molecule has 0 saturated heterocycles. The Morgan fingerprint density at radius 1 is 1.20 bits per heavy atom. The van der Waals surface area contributed by atoms with Crippen molar-refractivity contribution in [1.29, 1.82) is 0 Å². The number of aromatic nitrogens is 2. The Morgan fingerprint density at radius 2 is 1.88 bits per heavy atom. The third-order valence-electron chi connectivity index (χ3n) is 4.58. The van der Waals surface area contributed by atoms with E-state index in [0.717, 1.165) is 12.8 Å². The predicted molar refractivity (Wildman–Crippen MR) is 90.7 cm³/mol. The van der Waals surface area contributed by atoms with Gasteiger partial charge in [0.25, 0.3) is 11.8 Å². The molecular weight excluding hydrogens is 323 g/mol. The molecular formula is C18H21FN4O2. The van der Waals surface area contributed by atoms with Crippen molar-refractivity contribution in [3.05, 3.63) is 53.4 Å². The average Bonchev–Trinajstić information content (AvgIpc) is 3.16. The maximum atomic E-state index is 13.9. The van der Waals surface area contributed by atoms with E-state index in [1.165, 1.54) is 6.07 Å². The van der Waals surface area contributed by atoms with E-state index in [-0.39, 0.29) is 23.6 Å². The van der Waals surface area contributed by atoms with E-state index in [4.69, 9.17) is 0 Å². The summed E-state index contributed by atoms with van der Waals surface area (Å²) in [6.45, 7) is 1.71. The quantitative estimate of drug-likeness (QED) is 0.890. The number of nitrogens with one attached hydrogen (secondary N) is 2. The van der Waals surface area contributed by atoms with E-state index in [2.05, 4.69) is 15.6 Å². The molecule has 2 atom stereocenters. The topological polar surface area (TPSA) is 76.0 Å². The Morgan fingerprint density at radius 3 is 2.48 bits per heavy atom. The zero-order chi connectivity index (χ0) is 18.0. The zero-order valence-corrected chi connectivity index (χ0v) is 14.3. The van der Waals surface area contributed by atoms with E-state index in [9.17, 15) is 14.0 Å². The van der Waals surface area contributed by atoms with Crippen LogP contribution >= 0.6 is 0 Å². The largest absolute Gasteiger partial charge is 0.349 e. The van der Waals surface area contributed by atoms with Crippen LogP contribution in [0.3, 0.4) is 0 Å². The van der Waals surface area contributed by atoms with Crippen LogP contribution in [-0.4, -0.2) is 33.4 Å². The van der Waals surface area contributed by atoms with Gasteiger partial charge < -0.3 is 15.2 Å². The van der Waals surface area contributed by atoms with E-state index < -0.39 is 11.7 Å². The smallest absolute Gasteiger partial charge is 0.287 e. The average molecular weight is 344 g/mol. The Kier molecular flexibility index (Phi) is 4.83. The van der Waals surface area contributed by atoms with Crippen molar-refractivity contribution in [2.45, 2.75) is 38.3 Å². The number of hydrogen-bond acceptors (Lipinski definition) is 3. The number of hydrogen-bond donors (Lipinski definition) is 2. The van der Waals surface area contributed by atoms with Gasteiger partial charge in [0.05, 0.1) is 5.56 Å². The van der Waals surface area contributed by atoms with Gasteiger partial charge in [-0.3, -0.25) is 9.59 Å². The van der Waals surface area contributed by atoms with Crippen molar-refractivity contribution >= 4 is 11.8 Å². The minimum Gasteiger partial charge on any atom is -0.349 e. The molecule has 0 radical (unpaired) electrons. The van der Waals surface area contributed by atoms with Crippen molar-refractivity contribution in [3.63, 3.8) is 0 Å². The van der Waals surface area contributed by atoms with E-state index in [0.29, 0.717) is 17.8 Å². The molecule has 1 saturated carbocycles. The van der Waals surface area contributed by atoms with Crippen LogP contribution in [0.4, 0.5) is 4.39 Å². The van der Waals surface area contributed by atoms with Gasteiger partial charge in [-0.15, -0.1) is 0 Å². The number of nitrogens with zero attached hydrogens (tertiary/aromatic N) is 2. The maximum Gasteiger partial charge on any atom is 0.287 e. The first-order valence-corrected chi connectivity index (χ1v) is 8.30. The molecule has 1 aromatic carbocycles. The summed E-state index contributed by atoms with van der Waals surface area (Å²) in [6, 6.07) is 4.46. The normalized spacial score (nSPS) is 19.6. The highest BCUT2D eigenvalue weighted by molar-refractivity contribution is 5.96. The SMILES string of the molecule is Cc1cccc(F)c1C(=O)N[C@@H]1CC[C@H](NC(=O)c2nccn2C)C1. The summed E-state index contributed by atoms with van der Waals surface area (Å²) in [5.41, 5.74) is 0.693. The van der Waals surface area contributed by atoms with Crippen molar-refractivity contribution in [2.75, 3.05) is 0 Å². The monoisotopic (exact) mass is 344 g/mol. The molecule has 2 N–H and O–H groups in total. The van der Waals surface area contributed by atoms with Crippen LogP contribution in [0.25, 0.3) is 0 Å². The second-order valence-corrected chi connectivity index (χ2v) is 6.45. The van der Waals surface area contributed by atoms with Crippen molar-refractivity contribution in [1.82, 2.24) is 20.2 Å². The zero-order valence-electron chi connectivity index (χ0n) is 14.3. The van der Waals surface area contributed by atoms with E-state index >= 15 is 0 Å². The van der Waals surface area contributed by atoms with Crippen molar-refractivity contribution < 1.29 is 14.0 Å². The molecule has 1 aliphatic rings. The first-order valence-electron chi connectivity index (χ1n) is 8.30. The van der Waals surface area contributed by atoms with Crippen LogP contribution in [0.1, 0.15) is 45.8 Å². The van der Waals surface area contributed by atoms with Crippen LogP contribution < -0.4 is 10.6 Å². The lowest BCUT2D eigenvalue weighted by Gasteiger charge is -2.15. The van der Waals surface area contributed by atoms with Crippen LogP contribution in [0, 0.1) is 12.7 Å². The van der Waals surface area contributed by atoms with Gasteiger partial charge in [-0.2, -0.15) is 0 Å². The molecule has 0 bridgehead atoms. The highest BCUT2D eigenvalue weighted by Crippen LogP contribution is 2.21. The molecule has 0 unspecified atom stereocenters. The molecule has 0 aliphatic heterocycles. The highest BCUT2D eigenvalue weighted by atomic mass is 19.1. The lowest BCUT2D eigenvalue weighted by atomic mass is 10.1. The van der Waals surface area contributed by atoms with Gasteiger partial charge in [0.15, 0.2) is 5.82 Å². The molecule has 3 rings (SSSR count). The summed E-state index contributed by atoms with van der Waals surface area (Å²) in [6.07, 6.45) is 5.41. The Hall–Kier alpha value is -2.70. The molecule has 2 aromatic rings. The van der Waals surface area contributed by atoms with Gasteiger partial charge in [-0.1, -0.05) is 12.1 Å². The van der Waals surface area contributed by atoms with Crippen LogP contribution in [0.15, 0.2) is 30.6 Å². The summed E-state index contributed by atoms with van der Waals surface area (Å²) in [5.74, 6) is -0.796. The molecule has 1 fully saturated rings. The summed E-state index contributed by atoms with van der Waals surface area (Å²) < 4.78 is 15.5. The van der Waals surface area contributed by atoms with E-state index in [1.54, 1.807) is 43.1 Å². The Balaban J connectivity index is 1.57. The van der Waals surface area contributed by atoms with Crippen molar-refractivity contribution in [3.8, 4) is 0 Å². The molecule has 25 heavy (non-hydrogen) atoms. The van der Waals surface area contributed by atoms with E-state index in [1.807, 2.05) is 0 Å². The van der Waals surface area contributed by atoms with Gasteiger partial charge >= 0.3 is 0 Å². The first-order chi connectivity index (χ1) is 12.0. The number of carbonyl (C=O) groups excluding carboxylic acids is 2. The number of aryl methyl sites for hydroxylation is 2. The Labute approximate surface area is 145 Å². The number of imidazole rings is 1. The lowest BCUT2D eigenvalue weighted by Crippen LogP contribution is -2.38. The summed E-state index contributed by atoms with van der Waals surface area (Å²) in [5, 5.41) is 5.82. The first kappa shape index (κ1) is 17.1. The number of carbonyl (C=O) groups is 2. The fourth-order valence-electron chi connectivity index (χ4n) is 3.26. The Bertz CT molecular complexity index is 782. The summed E-state index contributed by atoms with van der Waals surface area (Å²) >= 11 is 0. The lowest BCUT2D eigenvalue weighted by molar-refractivity contribution is 0.0924. The van der Waals surface area contributed by atoms with Crippen LogP contribution in [0.2, 0.25) is 0 Å². The predicted octanol–water partition coefficient (Wildman–Crippen LogP) is 1.95. The van der Waals surface area contributed by atoms with Crippen LogP contribution in [-0.2, 0) is 7.05 Å². The third-order valence-corrected chi connectivity index (χ3v) is 4.58. The summed E-state index contributed by atoms with van der Waals surface area (Å²) in [4.78, 5) is 28.6. The fraction of sp³-hybridized carbons (Fsp3) is 0.389. The van der Waals surface area contributed by atoms with Crippen molar-refractivity contribution in [2.24, 2.45) is 7.05 Å². The minimum absolute atomic E-state index is 0.0313. The molecule has 2 amide bonds. The van der Waals surface area contributed by atoms with Gasteiger partial charge in [0, 0.05) is 31.5 Å². The maximum absolute atomic E-state index is 13.9. The van der Waals surface area contributed by atoms with Crippen LogP contribution in [0.5, 0.6) is 0 Å². The number of rotatable bonds is 4. The molecule has 132 valence electrons. The number of amides is 2. The molecule has 1 aromatic heterocycles. The highest BCUT2D eigenvalue weighted by Gasteiger charge is 2.29. The standard InChI is InChI=1S/C18H21FN4O2/c1-11-4-3-5-14(19)15(11)17(24)21-12-6-7-13(10-12)22-18(25)16-20-8-9-23(16)2/h3-5,8-9,12-13H,6-7,10H2,1-2H3,(H,21,24)(H,22,25)/t12-,13+/m1/s1. The molecule has 7 heteroatoms. The second kappa shape index (κ2) is 7.04. The molecule has 0 spiro atoms. The fourth-order valence-corrected chi connectivity index (χ4v) is 3.26. The summed E-state index contributed by atoms with van der Waals surface area (Å²) in [7, 11) is 1.76. The van der Waals surface area contributed by atoms with Gasteiger partial charge in [-0.05, 0) is 37.8 Å². The van der Waals surface area contributed by atoms with Gasteiger partial charge in [0.2, 0.25) is 0 Å². The van der Waals surface area contributed by atoms with Gasteiger partial charge in [-0.25, -0.2) is 9.37 Å². The molecule has 6 nitrogen and oxygen atoms in total. The van der Waals surface area contributed by atoms with Gasteiger partial charge in [0.1, 0.15) is 5.82 Å².